The lowest BCUT2D eigenvalue weighted by Gasteiger charge is -2.28. The Balaban J connectivity index is 1.71. The molecule has 130 valence electrons. The number of nitrogens with zero attached hydrogens (tertiary/aromatic N) is 4. The summed E-state index contributed by atoms with van der Waals surface area (Å²) in [6.07, 6.45) is 1.74. The van der Waals surface area contributed by atoms with E-state index in [-0.39, 0.29) is 11.7 Å². The Kier molecular flexibility index (Phi) is 4.37. The minimum Gasteiger partial charge on any atom is -0.276 e. The summed E-state index contributed by atoms with van der Waals surface area (Å²) in [5, 5.41) is 4.45. The van der Waals surface area contributed by atoms with E-state index in [1.54, 1.807) is 10.6 Å². The largest absolute Gasteiger partial charge is 0.351 e. The van der Waals surface area contributed by atoms with Crippen LogP contribution in [0.25, 0.3) is 5.65 Å². The van der Waals surface area contributed by atoms with Crippen LogP contribution < -0.4 is 5.69 Å². The van der Waals surface area contributed by atoms with Gasteiger partial charge in [-0.15, -0.1) is 5.10 Å². The first-order chi connectivity index (χ1) is 12.7. The summed E-state index contributed by atoms with van der Waals surface area (Å²) >= 11 is 0. The number of benzene rings is 2. The molecule has 0 atom stereocenters. The summed E-state index contributed by atoms with van der Waals surface area (Å²) in [6.45, 7) is 0.398. The molecule has 2 aromatic carbocycles. The highest BCUT2D eigenvalue weighted by molar-refractivity contribution is 5.35. The molecule has 0 aliphatic heterocycles. The Bertz CT molecular complexity index is 1010. The average molecular weight is 344 g/mol. The first kappa shape index (κ1) is 16.3. The van der Waals surface area contributed by atoms with Gasteiger partial charge in [0.05, 0.1) is 12.7 Å². The third kappa shape index (κ3) is 3.05. The molecule has 0 saturated carbocycles. The Morgan fingerprint density at radius 1 is 0.885 bits per heavy atom. The van der Waals surface area contributed by atoms with Crippen LogP contribution in [-0.4, -0.2) is 26.1 Å². The number of hydrogen-bond acceptors (Lipinski definition) is 3. The zero-order valence-electron chi connectivity index (χ0n) is 14.6. The molecule has 0 amide bonds. The van der Waals surface area contributed by atoms with E-state index < -0.39 is 0 Å². The Morgan fingerprint density at radius 2 is 1.46 bits per heavy atom. The maximum atomic E-state index is 12.6. The third-order valence-electron chi connectivity index (χ3n) is 4.52. The normalized spacial score (nSPS) is 11.5. The molecule has 0 aliphatic rings. The molecule has 26 heavy (non-hydrogen) atoms. The van der Waals surface area contributed by atoms with E-state index in [0.717, 1.165) is 0 Å². The van der Waals surface area contributed by atoms with Gasteiger partial charge in [-0.05, 0) is 30.3 Å². The molecule has 2 aromatic heterocycles. The van der Waals surface area contributed by atoms with Crippen molar-refractivity contribution in [3.8, 4) is 0 Å². The van der Waals surface area contributed by atoms with Crippen molar-refractivity contribution in [2.24, 2.45) is 0 Å². The van der Waals surface area contributed by atoms with E-state index in [2.05, 4.69) is 34.3 Å². The van der Waals surface area contributed by atoms with Crippen LogP contribution in [-0.2, 0) is 6.67 Å². The highest BCUT2D eigenvalue weighted by Crippen LogP contribution is 2.27. The van der Waals surface area contributed by atoms with Crippen molar-refractivity contribution in [2.45, 2.75) is 12.7 Å². The van der Waals surface area contributed by atoms with Crippen LogP contribution in [0, 0.1) is 0 Å². The molecule has 5 heteroatoms. The Labute approximate surface area is 151 Å². The van der Waals surface area contributed by atoms with Crippen molar-refractivity contribution in [3.63, 3.8) is 0 Å². The van der Waals surface area contributed by atoms with Crippen LogP contribution in [0.3, 0.4) is 0 Å². The fourth-order valence-electron chi connectivity index (χ4n) is 3.33. The van der Waals surface area contributed by atoms with Crippen molar-refractivity contribution < 1.29 is 0 Å². The van der Waals surface area contributed by atoms with Crippen LogP contribution in [0.4, 0.5) is 0 Å². The summed E-state index contributed by atoms with van der Waals surface area (Å²) in [4.78, 5) is 14.7. The number of fused-ring (bicyclic) bond motifs is 1. The van der Waals surface area contributed by atoms with Gasteiger partial charge < -0.3 is 0 Å². The van der Waals surface area contributed by atoms with Crippen molar-refractivity contribution in [2.75, 3.05) is 7.05 Å². The predicted molar refractivity (Wildman–Crippen MR) is 102 cm³/mol. The Morgan fingerprint density at radius 3 is 2.04 bits per heavy atom. The molecule has 0 bridgehead atoms. The molecule has 0 unspecified atom stereocenters. The molecule has 2 heterocycles. The van der Waals surface area contributed by atoms with Gasteiger partial charge in [-0.1, -0.05) is 66.7 Å². The molecule has 5 nitrogen and oxygen atoms in total. The van der Waals surface area contributed by atoms with Crippen molar-refractivity contribution in [1.82, 2.24) is 19.1 Å². The zero-order valence-corrected chi connectivity index (χ0v) is 14.6. The Hall–Kier alpha value is -3.18. The standard InChI is InChI=1S/C21H20N4O/c1-23(16-25-21(26)24-15-9-8-14-19(24)22-25)20(17-10-4-2-5-11-17)18-12-6-3-7-13-18/h2-15,20H,16H2,1H3. The van der Waals surface area contributed by atoms with Crippen molar-refractivity contribution in [1.29, 1.82) is 0 Å². The van der Waals surface area contributed by atoms with Crippen molar-refractivity contribution in [3.05, 3.63) is 107 Å². The van der Waals surface area contributed by atoms with E-state index >= 15 is 0 Å². The molecule has 4 aromatic rings. The van der Waals surface area contributed by atoms with Gasteiger partial charge in [0, 0.05) is 6.20 Å². The second-order valence-electron chi connectivity index (χ2n) is 6.33. The van der Waals surface area contributed by atoms with E-state index in [1.807, 2.05) is 61.6 Å². The minimum atomic E-state index is -0.132. The lowest BCUT2D eigenvalue weighted by atomic mass is 9.98. The van der Waals surface area contributed by atoms with Gasteiger partial charge in [-0.3, -0.25) is 9.30 Å². The lowest BCUT2D eigenvalue weighted by molar-refractivity contribution is 0.206. The van der Waals surface area contributed by atoms with Gasteiger partial charge >= 0.3 is 5.69 Å². The van der Waals surface area contributed by atoms with Gasteiger partial charge in [0.1, 0.15) is 0 Å². The second kappa shape index (κ2) is 6.98. The van der Waals surface area contributed by atoms with Gasteiger partial charge in [-0.2, -0.15) is 4.68 Å². The first-order valence-electron chi connectivity index (χ1n) is 8.58. The first-order valence-corrected chi connectivity index (χ1v) is 8.58. The molecule has 0 radical (unpaired) electrons. The molecule has 0 spiro atoms. The van der Waals surface area contributed by atoms with Crippen LogP contribution in [0.5, 0.6) is 0 Å². The van der Waals surface area contributed by atoms with E-state index in [0.29, 0.717) is 12.3 Å². The number of pyridine rings is 1. The van der Waals surface area contributed by atoms with Gasteiger partial charge in [-0.25, -0.2) is 4.79 Å². The third-order valence-corrected chi connectivity index (χ3v) is 4.52. The second-order valence-corrected chi connectivity index (χ2v) is 6.33. The van der Waals surface area contributed by atoms with E-state index in [1.165, 1.54) is 15.8 Å². The van der Waals surface area contributed by atoms with Crippen LogP contribution in [0.1, 0.15) is 17.2 Å². The minimum absolute atomic E-state index is 0.0362. The highest BCUT2D eigenvalue weighted by Gasteiger charge is 2.20. The molecular weight excluding hydrogens is 324 g/mol. The number of hydrogen-bond donors (Lipinski definition) is 0. The fraction of sp³-hybridized carbons (Fsp3) is 0.143. The molecule has 0 fully saturated rings. The lowest BCUT2D eigenvalue weighted by Crippen LogP contribution is -2.33. The topological polar surface area (TPSA) is 42.5 Å². The van der Waals surface area contributed by atoms with Gasteiger partial charge in [0.25, 0.3) is 0 Å². The predicted octanol–water partition coefficient (Wildman–Crippen LogP) is 3.17. The van der Waals surface area contributed by atoms with Crippen LogP contribution in [0.15, 0.2) is 89.9 Å². The molecule has 0 aliphatic carbocycles. The fourth-order valence-corrected chi connectivity index (χ4v) is 3.33. The van der Waals surface area contributed by atoms with Gasteiger partial charge in [0.2, 0.25) is 0 Å². The van der Waals surface area contributed by atoms with Gasteiger partial charge in [0.15, 0.2) is 5.65 Å². The summed E-state index contributed by atoms with van der Waals surface area (Å²) in [5.74, 6) is 0. The quantitative estimate of drug-likeness (QED) is 0.558. The van der Waals surface area contributed by atoms with Crippen LogP contribution >= 0.6 is 0 Å². The van der Waals surface area contributed by atoms with E-state index in [4.69, 9.17) is 0 Å². The maximum Gasteiger partial charge on any atom is 0.351 e. The highest BCUT2D eigenvalue weighted by atomic mass is 16.2. The number of rotatable bonds is 5. The monoisotopic (exact) mass is 344 g/mol. The summed E-state index contributed by atoms with van der Waals surface area (Å²) < 4.78 is 3.07. The summed E-state index contributed by atoms with van der Waals surface area (Å²) in [6, 6.07) is 26.2. The zero-order chi connectivity index (χ0) is 17.9. The molecule has 0 N–H and O–H groups in total. The van der Waals surface area contributed by atoms with Crippen LogP contribution in [0.2, 0.25) is 0 Å². The average Bonchev–Trinajstić information content (AvgIpc) is 2.99. The maximum absolute atomic E-state index is 12.6. The summed E-state index contributed by atoms with van der Waals surface area (Å²) in [5.41, 5.74) is 2.88. The molecule has 0 saturated heterocycles. The van der Waals surface area contributed by atoms with E-state index in [9.17, 15) is 4.79 Å². The molecule has 4 rings (SSSR count). The summed E-state index contributed by atoms with van der Waals surface area (Å²) in [7, 11) is 2.02. The van der Waals surface area contributed by atoms with Crippen molar-refractivity contribution >= 4 is 5.65 Å². The SMILES string of the molecule is CN(Cn1nc2ccccn2c1=O)C(c1ccccc1)c1ccccc1. The number of aromatic nitrogens is 3. The smallest absolute Gasteiger partial charge is 0.276 e. The molecular formula is C21H20N4O.